The van der Waals surface area contributed by atoms with Crippen molar-refractivity contribution in [2.45, 2.75) is 45.8 Å². The van der Waals surface area contributed by atoms with Crippen LogP contribution in [0.2, 0.25) is 0 Å². The van der Waals surface area contributed by atoms with E-state index in [1.54, 1.807) is 23.6 Å². The zero-order valence-corrected chi connectivity index (χ0v) is 17.9. The smallest absolute Gasteiger partial charge is 0.243 e. The first-order chi connectivity index (χ1) is 15.0. The molecule has 4 rings (SSSR count). The second kappa shape index (κ2) is 9.12. The van der Waals surface area contributed by atoms with Crippen LogP contribution in [0.1, 0.15) is 37.0 Å². The van der Waals surface area contributed by atoms with Crippen molar-refractivity contribution in [2.75, 3.05) is 0 Å². The van der Waals surface area contributed by atoms with Gasteiger partial charge in [-0.1, -0.05) is 44.2 Å². The highest BCUT2D eigenvalue weighted by Gasteiger charge is 2.34. The van der Waals surface area contributed by atoms with Gasteiger partial charge in [-0.2, -0.15) is 0 Å². The van der Waals surface area contributed by atoms with Crippen LogP contribution in [0.3, 0.4) is 0 Å². The molecular formula is C24H27N5O2. The summed E-state index contributed by atoms with van der Waals surface area (Å²) in [5.41, 5.74) is 3.14. The van der Waals surface area contributed by atoms with E-state index >= 15 is 0 Å². The van der Waals surface area contributed by atoms with Crippen molar-refractivity contribution in [3.8, 4) is 5.82 Å². The number of amides is 2. The molecule has 3 heterocycles. The maximum absolute atomic E-state index is 13.1. The van der Waals surface area contributed by atoms with Crippen molar-refractivity contribution < 1.29 is 9.59 Å². The minimum Gasteiger partial charge on any atom is -0.350 e. The molecule has 0 saturated carbocycles. The van der Waals surface area contributed by atoms with E-state index in [0.29, 0.717) is 25.9 Å². The number of carbonyl (C=O) groups excluding carboxylic acids is 2. The Morgan fingerprint density at radius 3 is 2.65 bits per heavy atom. The number of aromatic nitrogens is 3. The number of nitrogens with one attached hydrogen (secondary N) is 1. The molecule has 0 spiro atoms. The van der Waals surface area contributed by atoms with Crippen LogP contribution in [0, 0.1) is 5.92 Å². The molecule has 160 valence electrons. The molecule has 7 nitrogen and oxygen atoms in total. The summed E-state index contributed by atoms with van der Waals surface area (Å²) in [6, 6.07) is 11.3. The van der Waals surface area contributed by atoms with Gasteiger partial charge in [0.1, 0.15) is 18.2 Å². The summed E-state index contributed by atoms with van der Waals surface area (Å²) >= 11 is 0. The van der Waals surface area contributed by atoms with Gasteiger partial charge in [0.25, 0.3) is 0 Å². The predicted octanol–water partition coefficient (Wildman–Crippen LogP) is 2.88. The lowest BCUT2D eigenvalue weighted by atomic mass is 9.92. The van der Waals surface area contributed by atoms with Crippen molar-refractivity contribution in [1.29, 1.82) is 0 Å². The van der Waals surface area contributed by atoms with Crippen LogP contribution in [0.5, 0.6) is 0 Å². The average molecular weight is 418 g/mol. The summed E-state index contributed by atoms with van der Waals surface area (Å²) < 4.78 is 1.82. The number of hydrogen-bond acceptors (Lipinski definition) is 4. The summed E-state index contributed by atoms with van der Waals surface area (Å²) in [7, 11) is 0. The highest BCUT2D eigenvalue weighted by atomic mass is 16.2. The Labute approximate surface area is 182 Å². The zero-order valence-electron chi connectivity index (χ0n) is 17.9. The molecule has 1 aliphatic heterocycles. The lowest BCUT2D eigenvalue weighted by Gasteiger charge is -2.36. The van der Waals surface area contributed by atoms with Gasteiger partial charge in [-0.25, -0.2) is 9.97 Å². The van der Waals surface area contributed by atoms with E-state index in [-0.39, 0.29) is 17.7 Å². The van der Waals surface area contributed by atoms with Crippen molar-refractivity contribution in [3.05, 3.63) is 78.0 Å². The number of pyridine rings is 1. The molecule has 1 unspecified atom stereocenters. The molecule has 0 saturated heterocycles. The normalized spacial score (nSPS) is 15.6. The first-order valence-corrected chi connectivity index (χ1v) is 10.6. The third-order valence-electron chi connectivity index (χ3n) is 5.50. The Balaban J connectivity index is 1.45. The van der Waals surface area contributed by atoms with Crippen molar-refractivity contribution >= 4 is 11.8 Å². The Morgan fingerprint density at radius 2 is 1.97 bits per heavy atom. The van der Waals surface area contributed by atoms with Crippen LogP contribution in [0.25, 0.3) is 5.82 Å². The lowest BCUT2D eigenvalue weighted by molar-refractivity contribution is -0.142. The van der Waals surface area contributed by atoms with Gasteiger partial charge in [-0.15, -0.1) is 0 Å². The second-order valence-corrected chi connectivity index (χ2v) is 8.32. The number of rotatable bonds is 6. The molecule has 0 fully saturated rings. The topological polar surface area (TPSA) is 80.1 Å². The van der Waals surface area contributed by atoms with E-state index in [4.69, 9.17) is 0 Å². The highest BCUT2D eigenvalue weighted by Crippen LogP contribution is 2.25. The van der Waals surface area contributed by atoms with Crippen LogP contribution in [-0.4, -0.2) is 37.3 Å². The van der Waals surface area contributed by atoms with Gasteiger partial charge in [0.05, 0.1) is 0 Å². The van der Waals surface area contributed by atoms with Gasteiger partial charge >= 0.3 is 0 Å². The fraction of sp³-hybridized carbons (Fsp3) is 0.333. The summed E-state index contributed by atoms with van der Waals surface area (Å²) in [5.74, 6) is 0.900. The maximum atomic E-state index is 13.1. The van der Waals surface area contributed by atoms with Gasteiger partial charge in [0, 0.05) is 44.5 Å². The number of nitrogens with zero attached hydrogens (tertiary/aromatic N) is 4. The molecule has 0 radical (unpaired) electrons. The SMILES string of the molecule is CC(C)CC(=O)N1Cc2ccccc2CC1C(=O)NCc1ccc(-n2ccnc2)nc1. The van der Waals surface area contributed by atoms with Gasteiger partial charge in [0.15, 0.2) is 0 Å². The summed E-state index contributed by atoms with van der Waals surface area (Å²) in [5, 5.41) is 3.00. The minimum absolute atomic E-state index is 0.0241. The van der Waals surface area contributed by atoms with E-state index in [1.165, 1.54) is 0 Å². The lowest BCUT2D eigenvalue weighted by Crippen LogP contribution is -2.52. The molecule has 2 amide bonds. The van der Waals surface area contributed by atoms with Gasteiger partial charge in [0.2, 0.25) is 11.8 Å². The van der Waals surface area contributed by atoms with E-state index < -0.39 is 6.04 Å². The van der Waals surface area contributed by atoms with Gasteiger partial charge in [-0.3, -0.25) is 14.2 Å². The molecular weight excluding hydrogens is 390 g/mol. The minimum atomic E-state index is -0.501. The van der Waals surface area contributed by atoms with E-state index in [1.807, 2.05) is 61.0 Å². The van der Waals surface area contributed by atoms with Crippen LogP contribution in [-0.2, 0) is 29.1 Å². The molecule has 0 bridgehead atoms. The number of fused-ring (bicyclic) bond motifs is 1. The Morgan fingerprint density at radius 1 is 1.16 bits per heavy atom. The first-order valence-electron chi connectivity index (χ1n) is 10.6. The summed E-state index contributed by atoms with van der Waals surface area (Å²) in [6.07, 6.45) is 7.92. The molecule has 1 atom stereocenters. The third kappa shape index (κ3) is 4.82. The molecule has 31 heavy (non-hydrogen) atoms. The molecule has 0 aliphatic carbocycles. The highest BCUT2D eigenvalue weighted by molar-refractivity contribution is 5.88. The number of carbonyl (C=O) groups is 2. The van der Waals surface area contributed by atoms with Crippen molar-refractivity contribution in [1.82, 2.24) is 24.8 Å². The maximum Gasteiger partial charge on any atom is 0.243 e. The first kappa shape index (κ1) is 20.8. The fourth-order valence-electron chi connectivity index (χ4n) is 3.86. The Kier molecular flexibility index (Phi) is 6.11. The average Bonchev–Trinajstić information content (AvgIpc) is 3.31. The van der Waals surface area contributed by atoms with Crippen LogP contribution in [0.15, 0.2) is 61.3 Å². The van der Waals surface area contributed by atoms with Crippen molar-refractivity contribution in [3.63, 3.8) is 0 Å². The molecule has 1 N–H and O–H groups in total. The number of hydrogen-bond donors (Lipinski definition) is 1. The summed E-state index contributed by atoms with van der Waals surface area (Å²) in [4.78, 5) is 36.2. The van der Waals surface area contributed by atoms with E-state index in [0.717, 1.165) is 22.5 Å². The number of benzene rings is 1. The van der Waals surface area contributed by atoms with Crippen LogP contribution >= 0.6 is 0 Å². The summed E-state index contributed by atoms with van der Waals surface area (Å²) in [6.45, 7) is 4.87. The van der Waals surface area contributed by atoms with Crippen LogP contribution in [0.4, 0.5) is 0 Å². The molecule has 3 aromatic rings. The standard InChI is InChI=1S/C24H27N5O2/c1-17(2)11-23(30)29-15-20-6-4-3-5-19(20)12-21(29)24(31)27-14-18-7-8-22(26-13-18)28-10-9-25-16-28/h3-10,13,16-17,21H,11-12,14-15H2,1-2H3,(H,27,31). The van der Waals surface area contributed by atoms with Crippen LogP contribution < -0.4 is 5.32 Å². The largest absolute Gasteiger partial charge is 0.350 e. The molecule has 1 aromatic carbocycles. The monoisotopic (exact) mass is 417 g/mol. The number of imidazole rings is 1. The van der Waals surface area contributed by atoms with Gasteiger partial charge < -0.3 is 10.2 Å². The zero-order chi connectivity index (χ0) is 21.8. The van der Waals surface area contributed by atoms with E-state index in [2.05, 4.69) is 15.3 Å². The molecule has 7 heteroatoms. The fourth-order valence-corrected chi connectivity index (χ4v) is 3.86. The van der Waals surface area contributed by atoms with Gasteiger partial charge in [-0.05, 0) is 28.7 Å². The van der Waals surface area contributed by atoms with E-state index in [9.17, 15) is 9.59 Å². The Bertz CT molecular complexity index is 1040. The quantitative estimate of drug-likeness (QED) is 0.669. The third-order valence-corrected chi connectivity index (χ3v) is 5.50. The Hall–Kier alpha value is -3.48. The predicted molar refractivity (Wildman–Crippen MR) is 117 cm³/mol. The van der Waals surface area contributed by atoms with Crippen molar-refractivity contribution in [2.24, 2.45) is 5.92 Å². The molecule has 2 aromatic heterocycles. The molecule has 1 aliphatic rings. The second-order valence-electron chi connectivity index (χ2n) is 8.32.